The van der Waals surface area contributed by atoms with Gasteiger partial charge in [0.15, 0.2) is 8.32 Å². The highest BCUT2D eigenvalue weighted by Gasteiger charge is 2.47. The van der Waals surface area contributed by atoms with Gasteiger partial charge in [-0.05, 0) is 69.5 Å². The van der Waals surface area contributed by atoms with Gasteiger partial charge in [0.1, 0.15) is 5.78 Å². The molecular formula is C23H40O2Si. The molecule has 0 amide bonds. The smallest absolute Gasteiger partial charge is 0.184 e. The molecule has 26 heavy (non-hydrogen) atoms. The van der Waals surface area contributed by atoms with Gasteiger partial charge in [0.2, 0.25) is 0 Å². The van der Waals surface area contributed by atoms with Gasteiger partial charge in [-0.25, -0.2) is 0 Å². The van der Waals surface area contributed by atoms with Crippen molar-refractivity contribution in [3.05, 3.63) is 23.8 Å². The van der Waals surface area contributed by atoms with E-state index in [1.165, 1.54) is 12.0 Å². The molecule has 0 N–H and O–H groups in total. The molecule has 1 saturated carbocycles. The van der Waals surface area contributed by atoms with Crippen molar-refractivity contribution >= 4 is 14.1 Å². The quantitative estimate of drug-likeness (QED) is 0.348. The van der Waals surface area contributed by atoms with Gasteiger partial charge in [0, 0.05) is 12.3 Å². The number of Topliss-reactive ketones (excluding diaryl/α,β-unsaturated/α-hetero) is 1. The average molecular weight is 377 g/mol. The van der Waals surface area contributed by atoms with E-state index in [4.69, 9.17) is 4.43 Å². The molecule has 2 nitrogen and oxygen atoms in total. The maximum absolute atomic E-state index is 12.3. The minimum absolute atomic E-state index is 0.110. The molecule has 3 heteroatoms. The number of allylic oxidation sites excluding steroid dienone is 3. The fraction of sp³-hybridized carbons (Fsp3) is 0.783. The van der Waals surface area contributed by atoms with Crippen LogP contribution in [-0.2, 0) is 9.22 Å². The lowest BCUT2D eigenvalue weighted by atomic mass is 9.63. The van der Waals surface area contributed by atoms with Gasteiger partial charge < -0.3 is 4.43 Å². The topological polar surface area (TPSA) is 26.3 Å². The third-order valence-corrected chi connectivity index (χ3v) is 7.68. The molecule has 2 aliphatic carbocycles. The lowest BCUT2D eigenvalue weighted by Gasteiger charge is -2.40. The van der Waals surface area contributed by atoms with E-state index >= 15 is 0 Å². The van der Waals surface area contributed by atoms with Crippen LogP contribution >= 0.6 is 0 Å². The first-order valence-corrected chi connectivity index (χ1v) is 14.1. The highest BCUT2D eigenvalue weighted by molar-refractivity contribution is 6.69. The van der Waals surface area contributed by atoms with E-state index in [0.717, 1.165) is 38.5 Å². The van der Waals surface area contributed by atoms with Crippen molar-refractivity contribution in [1.82, 2.24) is 0 Å². The normalized spacial score (nSPS) is 28.3. The summed E-state index contributed by atoms with van der Waals surface area (Å²) in [5, 5.41) is 0. The summed E-state index contributed by atoms with van der Waals surface area (Å²) >= 11 is 0. The molecule has 2 rings (SSSR count). The van der Waals surface area contributed by atoms with E-state index in [1.807, 2.05) is 0 Å². The number of hydrogen-bond acceptors (Lipinski definition) is 2. The average Bonchev–Trinajstić information content (AvgIpc) is 2.91. The highest BCUT2D eigenvalue weighted by atomic mass is 28.4. The first-order valence-electron chi connectivity index (χ1n) is 10.7. The molecule has 148 valence electrons. The molecule has 0 bridgehead atoms. The van der Waals surface area contributed by atoms with Crippen LogP contribution in [0.1, 0.15) is 72.6 Å². The second-order valence-electron chi connectivity index (χ2n) is 9.71. The van der Waals surface area contributed by atoms with Crippen molar-refractivity contribution in [3.8, 4) is 0 Å². The Morgan fingerprint density at radius 1 is 1.35 bits per heavy atom. The maximum atomic E-state index is 12.3. The van der Waals surface area contributed by atoms with Gasteiger partial charge in [-0.15, -0.1) is 0 Å². The molecule has 3 atom stereocenters. The first kappa shape index (κ1) is 21.6. The molecule has 0 saturated heterocycles. The summed E-state index contributed by atoms with van der Waals surface area (Å²) in [5.41, 5.74) is 1.54. The van der Waals surface area contributed by atoms with Crippen LogP contribution in [0.25, 0.3) is 0 Å². The minimum atomic E-state index is -1.58. The summed E-state index contributed by atoms with van der Waals surface area (Å²) in [6.07, 6.45) is 14.1. The van der Waals surface area contributed by atoms with E-state index < -0.39 is 8.32 Å². The largest absolute Gasteiger partial charge is 0.409 e. The van der Waals surface area contributed by atoms with Gasteiger partial charge in [0.05, 0.1) is 5.60 Å². The summed E-state index contributed by atoms with van der Waals surface area (Å²) in [6, 6.07) is 0. The Labute approximate surface area is 162 Å². The van der Waals surface area contributed by atoms with Gasteiger partial charge in [-0.2, -0.15) is 0 Å². The van der Waals surface area contributed by atoms with Crippen LogP contribution in [0.5, 0.6) is 0 Å². The molecule has 0 aromatic carbocycles. The van der Waals surface area contributed by atoms with Crippen molar-refractivity contribution < 1.29 is 9.22 Å². The molecule has 0 aliphatic heterocycles. The van der Waals surface area contributed by atoms with Crippen LogP contribution in [0, 0.1) is 17.3 Å². The van der Waals surface area contributed by atoms with Crippen LogP contribution in [0.4, 0.5) is 0 Å². The molecule has 0 aromatic rings. The third-order valence-electron chi connectivity index (χ3n) is 6.66. The van der Waals surface area contributed by atoms with Crippen LogP contribution in [0.3, 0.4) is 0 Å². The van der Waals surface area contributed by atoms with E-state index in [0.29, 0.717) is 11.7 Å². The van der Waals surface area contributed by atoms with E-state index in [2.05, 4.69) is 65.6 Å². The monoisotopic (exact) mass is 376 g/mol. The van der Waals surface area contributed by atoms with E-state index in [-0.39, 0.29) is 16.9 Å². The van der Waals surface area contributed by atoms with Gasteiger partial charge in [-0.1, -0.05) is 51.5 Å². The number of carbonyl (C=O) groups excluding carboxylic acids is 1. The Hall–Kier alpha value is -0.673. The van der Waals surface area contributed by atoms with Crippen LogP contribution in [0.2, 0.25) is 19.6 Å². The van der Waals surface area contributed by atoms with Gasteiger partial charge in [-0.3, -0.25) is 4.79 Å². The summed E-state index contributed by atoms with van der Waals surface area (Å²) in [4.78, 5) is 12.3. The second kappa shape index (κ2) is 8.14. The van der Waals surface area contributed by atoms with Crippen molar-refractivity contribution in [1.29, 1.82) is 0 Å². The summed E-state index contributed by atoms with van der Waals surface area (Å²) in [6.45, 7) is 16.0. The number of carbonyl (C=O) groups is 1. The number of fused-ring (bicyclic) bond motifs is 1. The zero-order chi connectivity index (χ0) is 19.6. The molecule has 0 heterocycles. The van der Waals surface area contributed by atoms with E-state index in [9.17, 15) is 4.79 Å². The Balaban J connectivity index is 2.06. The van der Waals surface area contributed by atoms with Gasteiger partial charge in [0.25, 0.3) is 0 Å². The summed E-state index contributed by atoms with van der Waals surface area (Å²) < 4.78 is 6.54. The first-order chi connectivity index (χ1) is 12.1. The summed E-state index contributed by atoms with van der Waals surface area (Å²) in [7, 11) is -1.58. The van der Waals surface area contributed by atoms with E-state index in [1.54, 1.807) is 0 Å². The summed E-state index contributed by atoms with van der Waals surface area (Å²) in [5.74, 6) is 1.25. The standard InChI is InChI=1S/C23H40O2Si/c1-8-23(9-2,25-26(5,6)7)17-10-12-18(3)19-14-15-20-21(24)13-11-16-22(19,20)4/h10,14,17-18,20H,8-9,11-13,15-16H2,1-7H3/t18?,20-,22+/m0/s1. The van der Waals surface area contributed by atoms with Crippen molar-refractivity contribution in [2.45, 2.75) is 97.9 Å². The number of rotatable bonds is 8. The lowest BCUT2D eigenvalue weighted by Crippen LogP contribution is -2.40. The molecule has 0 radical (unpaired) electrons. The van der Waals surface area contributed by atoms with Crippen molar-refractivity contribution in [2.75, 3.05) is 0 Å². The maximum Gasteiger partial charge on any atom is 0.184 e. The predicted octanol–water partition coefficient (Wildman–Crippen LogP) is 6.68. The fourth-order valence-electron chi connectivity index (χ4n) is 5.20. The van der Waals surface area contributed by atoms with Crippen LogP contribution < -0.4 is 0 Å². The molecule has 0 spiro atoms. The van der Waals surface area contributed by atoms with Crippen LogP contribution in [0.15, 0.2) is 23.8 Å². The SMILES string of the molecule is CCC(C=CCC(C)C1=CC[C@H]2C(=O)CCC[C@]12C)(CC)O[Si](C)(C)C. The molecule has 0 aromatic heterocycles. The zero-order valence-corrected chi connectivity index (χ0v) is 19.2. The van der Waals surface area contributed by atoms with Crippen molar-refractivity contribution in [2.24, 2.45) is 17.3 Å². The minimum Gasteiger partial charge on any atom is -0.409 e. The Morgan fingerprint density at radius 3 is 2.58 bits per heavy atom. The third kappa shape index (κ3) is 4.59. The molecular weight excluding hydrogens is 336 g/mol. The van der Waals surface area contributed by atoms with Gasteiger partial charge >= 0.3 is 0 Å². The lowest BCUT2D eigenvalue weighted by molar-refractivity contribution is -0.128. The van der Waals surface area contributed by atoms with Crippen molar-refractivity contribution in [3.63, 3.8) is 0 Å². The second-order valence-corrected chi connectivity index (χ2v) is 14.1. The molecule has 1 fully saturated rings. The number of hydrogen-bond donors (Lipinski definition) is 0. The van der Waals surface area contributed by atoms with Crippen LogP contribution in [-0.4, -0.2) is 19.7 Å². The Kier molecular flexibility index (Phi) is 6.77. The zero-order valence-electron chi connectivity index (χ0n) is 18.2. The fourth-order valence-corrected chi connectivity index (χ4v) is 6.78. The molecule has 1 unspecified atom stereocenters. The Bertz CT molecular complexity index is 565. The highest BCUT2D eigenvalue weighted by Crippen LogP contribution is 2.53. The molecule has 2 aliphatic rings. The predicted molar refractivity (Wildman–Crippen MR) is 114 cm³/mol. The number of ketones is 1. The Morgan fingerprint density at radius 2 is 2.00 bits per heavy atom.